The number of rotatable bonds is 2. The van der Waals surface area contributed by atoms with Gasteiger partial charge >= 0.3 is 0 Å². The molecule has 1 aliphatic rings. The van der Waals surface area contributed by atoms with Gasteiger partial charge < -0.3 is 4.90 Å². The number of hydrogen-bond donors (Lipinski definition) is 0. The fourth-order valence-electron chi connectivity index (χ4n) is 2.41. The topological polar surface area (TPSA) is 46.8 Å². The molecule has 0 spiro atoms. The average molecular weight is 313 g/mol. The van der Waals surface area contributed by atoms with Crippen molar-refractivity contribution in [1.29, 1.82) is 0 Å². The zero-order chi connectivity index (χ0) is 14.9. The van der Waals surface area contributed by atoms with E-state index < -0.39 is 0 Å². The van der Waals surface area contributed by atoms with Gasteiger partial charge in [0.25, 0.3) is 0 Å². The molecule has 110 valence electrons. The molecular weight excluding hydrogens is 301 g/mol. The second kappa shape index (κ2) is 5.42. The minimum absolute atomic E-state index is 0.291. The third-order valence-corrected chi connectivity index (χ3v) is 4.51. The van der Waals surface area contributed by atoms with E-state index >= 15 is 0 Å². The van der Waals surface area contributed by atoms with Crippen molar-refractivity contribution in [3.63, 3.8) is 0 Å². The zero-order valence-electron chi connectivity index (χ0n) is 11.6. The monoisotopic (exact) mass is 313 g/mol. The normalized spacial score (nSPS) is 14.0. The summed E-state index contributed by atoms with van der Waals surface area (Å²) in [5, 5.41) is 9.14. The van der Waals surface area contributed by atoms with Crippen LogP contribution in [-0.4, -0.2) is 25.6 Å². The third-order valence-electron chi connectivity index (χ3n) is 3.50. The number of nitrogens with zero attached hydrogens (tertiary/aromatic N) is 5. The second-order valence-electron chi connectivity index (χ2n) is 4.88. The van der Waals surface area contributed by atoms with Gasteiger partial charge in [-0.25, -0.2) is 4.39 Å². The van der Waals surface area contributed by atoms with Crippen molar-refractivity contribution in [2.24, 2.45) is 0 Å². The maximum Gasteiger partial charge on any atom is 0.194 e. The minimum Gasteiger partial charge on any atom is -0.342 e. The van der Waals surface area contributed by atoms with E-state index in [4.69, 9.17) is 0 Å². The summed E-state index contributed by atoms with van der Waals surface area (Å²) in [5.41, 5.74) is 1.49. The van der Waals surface area contributed by atoms with Gasteiger partial charge in [-0.05, 0) is 24.3 Å². The Morgan fingerprint density at radius 2 is 2.00 bits per heavy atom. The Bertz CT molecular complexity index is 805. The number of anilines is 1. The van der Waals surface area contributed by atoms with Crippen LogP contribution in [0.3, 0.4) is 0 Å². The highest BCUT2D eigenvalue weighted by atomic mass is 32.2. The number of benzene rings is 1. The molecule has 5 nitrogen and oxygen atoms in total. The molecule has 0 N–H and O–H groups in total. The molecule has 1 aliphatic heterocycles. The number of aromatic nitrogens is 4. The molecule has 2 aromatic heterocycles. The predicted molar refractivity (Wildman–Crippen MR) is 82.9 cm³/mol. The maximum absolute atomic E-state index is 14.0. The molecule has 0 bridgehead atoms. The molecule has 0 unspecified atom stereocenters. The van der Waals surface area contributed by atoms with Crippen LogP contribution < -0.4 is 4.90 Å². The molecule has 0 radical (unpaired) electrons. The van der Waals surface area contributed by atoms with Crippen molar-refractivity contribution in [1.82, 2.24) is 19.7 Å². The van der Waals surface area contributed by atoms with E-state index in [-0.39, 0.29) is 5.82 Å². The van der Waals surface area contributed by atoms with Crippen LogP contribution in [0.5, 0.6) is 0 Å². The molecule has 22 heavy (non-hydrogen) atoms. The Hall–Kier alpha value is -2.41. The van der Waals surface area contributed by atoms with Crippen LogP contribution in [0.15, 0.2) is 53.9 Å². The van der Waals surface area contributed by atoms with Gasteiger partial charge in [0.2, 0.25) is 0 Å². The Labute approximate surface area is 130 Å². The lowest BCUT2D eigenvalue weighted by atomic mass is 10.2. The molecule has 7 heteroatoms. The number of hydrogen-bond acceptors (Lipinski definition) is 5. The summed E-state index contributed by atoms with van der Waals surface area (Å²) in [6.07, 6.45) is 3.56. The first kappa shape index (κ1) is 13.3. The summed E-state index contributed by atoms with van der Waals surface area (Å²) >= 11 is 1.58. The number of thioether (sulfide) groups is 1. The smallest absolute Gasteiger partial charge is 0.194 e. The Morgan fingerprint density at radius 3 is 2.82 bits per heavy atom. The lowest BCUT2D eigenvalue weighted by Gasteiger charge is -2.29. The van der Waals surface area contributed by atoms with Crippen LogP contribution in [0, 0.1) is 5.82 Å². The minimum atomic E-state index is -0.291. The van der Waals surface area contributed by atoms with Crippen LogP contribution in [0.4, 0.5) is 10.1 Å². The Balaban J connectivity index is 1.73. The number of pyridine rings is 1. The summed E-state index contributed by atoms with van der Waals surface area (Å²) in [7, 11) is 0. The van der Waals surface area contributed by atoms with Gasteiger partial charge in [0.05, 0.1) is 30.0 Å². The predicted octanol–water partition coefficient (Wildman–Crippen LogP) is 3.01. The highest BCUT2D eigenvalue weighted by molar-refractivity contribution is 7.99. The highest BCUT2D eigenvalue weighted by Gasteiger charge is 2.23. The molecule has 0 atom stereocenters. The van der Waals surface area contributed by atoms with Crippen LogP contribution in [0.2, 0.25) is 0 Å². The van der Waals surface area contributed by atoms with E-state index in [1.807, 2.05) is 22.9 Å². The first-order chi connectivity index (χ1) is 10.8. The van der Waals surface area contributed by atoms with Gasteiger partial charge in [0, 0.05) is 6.20 Å². The summed E-state index contributed by atoms with van der Waals surface area (Å²) in [5.74, 6) is 1.02. The van der Waals surface area contributed by atoms with E-state index in [1.54, 1.807) is 36.2 Å². The van der Waals surface area contributed by atoms with Crippen molar-refractivity contribution in [3.05, 3.63) is 54.6 Å². The van der Waals surface area contributed by atoms with Crippen LogP contribution in [-0.2, 0) is 6.67 Å². The van der Waals surface area contributed by atoms with Crippen LogP contribution in [0.25, 0.3) is 11.4 Å². The summed E-state index contributed by atoms with van der Waals surface area (Å²) in [4.78, 5) is 6.30. The van der Waals surface area contributed by atoms with Gasteiger partial charge in [0.15, 0.2) is 11.0 Å². The van der Waals surface area contributed by atoms with Gasteiger partial charge in [-0.15, -0.1) is 10.2 Å². The van der Waals surface area contributed by atoms with Gasteiger partial charge in [-0.2, -0.15) is 0 Å². The lowest BCUT2D eigenvalue weighted by molar-refractivity contribution is 0.598. The fourth-order valence-corrected chi connectivity index (χ4v) is 3.31. The molecule has 4 rings (SSSR count). The SMILES string of the molecule is Fc1ccccc1-c1nnc2n1CN(c1cccnc1)CS2. The molecule has 1 aromatic carbocycles. The Kier molecular flexibility index (Phi) is 3.27. The molecule has 0 amide bonds. The van der Waals surface area contributed by atoms with Gasteiger partial charge in [0.1, 0.15) is 5.82 Å². The first-order valence-corrected chi connectivity index (χ1v) is 7.77. The molecule has 0 saturated heterocycles. The standard InChI is InChI=1S/C15H12FN5S/c16-13-6-2-1-5-12(13)14-18-19-15-21(14)9-20(10-22-15)11-4-3-7-17-8-11/h1-8H,9-10H2. The van der Waals surface area contributed by atoms with E-state index in [0.717, 1.165) is 16.7 Å². The van der Waals surface area contributed by atoms with Crippen LogP contribution >= 0.6 is 11.8 Å². The number of halogens is 1. The molecule has 3 aromatic rings. The van der Waals surface area contributed by atoms with E-state index in [2.05, 4.69) is 20.1 Å². The van der Waals surface area contributed by atoms with Crippen molar-refractivity contribution in [3.8, 4) is 11.4 Å². The zero-order valence-corrected chi connectivity index (χ0v) is 12.4. The summed E-state index contributed by atoms with van der Waals surface area (Å²) < 4.78 is 16.0. The van der Waals surface area contributed by atoms with Crippen molar-refractivity contribution in [2.45, 2.75) is 11.8 Å². The van der Waals surface area contributed by atoms with Gasteiger partial charge in [-0.3, -0.25) is 9.55 Å². The first-order valence-electron chi connectivity index (χ1n) is 6.79. The van der Waals surface area contributed by atoms with Gasteiger partial charge in [-0.1, -0.05) is 23.9 Å². The van der Waals surface area contributed by atoms with Crippen molar-refractivity contribution >= 4 is 17.4 Å². The quantitative estimate of drug-likeness (QED) is 0.728. The molecular formula is C15H12FN5S. The second-order valence-corrected chi connectivity index (χ2v) is 5.79. The number of fused-ring (bicyclic) bond motifs is 1. The van der Waals surface area contributed by atoms with E-state index in [9.17, 15) is 4.39 Å². The van der Waals surface area contributed by atoms with E-state index in [1.165, 1.54) is 6.07 Å². The summed E-state index contributed by atoms with van der Waals surface area (Å²) in [6.45, 7) is 0.574. The van der Waals surface area contributed by atoms with E-state index in [0.29, 0.717) is 18.1 Å². The largest absolute Gasteiger partial charge is 0.342 e. The molecule has 0 saturated carbocycles. The summed E-state index contributed by atoms with van der Waals surface area (Å²) in [6, 6.07) is 10.5. The Morgan fingerprint density at radius 1 is 1.09 bits per heavy atom. The average Bonchev–Trinajstić information content (AvgIpc) is 2.99. The third kappa shape index (κ3) is 2.23. The molecule has 0 fully saturated rings. The van der Waals surface area contributed by atoms with Crippen molar-refractivity contribution < 1.29 is 4.39 Å². The fraction of sp³-hybridized carbons (Fsp3) is 0.133. The molecule has 3 heterocycles. The molecule has 0 aliphatic carbocycles. The van der Waals surface area contributed by atoms with Crippen molar-refractivity contribution in [2.75, 3.05) is 10.8 Å². The lowest BCUT2D eigenvalue weighted by Crippen LogP contribution is -2.30. The maximum atomic E-state index is 14.0. The van der Waals surface area contributed by atoms with Crippen LogP contribution in [0.1, 0.15) is 0 Å². The highest BCUT2D eigenvalue weighted by Crippen LogP contribution is 2.31.